The van der Waals surface area contributed by atoms with E-state index >= 15 is 0 Å². The number of amides is 1. The molecule has 4 atom stereocenters. The number of nitrogens with zero attached hydrogens (tertiary/aromatic N) is 5. The van der Waals surface area contributed by atoms with E-state index in [0.717, 1.165) is 0 Å². The second-order valence-corrected chi connectivity index (χ2v) is 11.6. The van der Waals surface area contributed by atoms with Gasteiger partial charge in [0.05, 0.1) is 24.4 Å². The van der Waals surface area contributed by atoms with Gasteiger partial charge in [-0.25, -0.2) is 23.4 Å². The fraction of sp³-hybridized carbons (Fsp3) is 0.435. The number of ether oxygens (including phenoxy) is 2. The van der Waals surface area contributed by atoms with Gasteiger partial charge >= 0.3 is 0 Å². The molecular formula is C23H26N6O7S2. The topological polar surface area (TPSA) is 169 Å². The molecule has 0 spiro atoms. The second-order valence-electron chi connectivity index (χ2n) is 8.97. The maximum absolute atomic E-state index is 12.6. The first-order valence-electron chi connectivity index (χ1n) is 11.9. The molecule has 2 fully saturated rings. The van der Waals surface area contributed by atoms with Crippen LogP contribution in [0, 0.1) is 0 Å². The van der Waals surface area contributed by atoms with E-state index < -0.39 is 41.0 Å². The summed E-state index contributed by atoms with van der Waals surface area (Å²) < 4.78 is 36.9. The SMILES string of the molecule is O=C(Nc1ncnc2c1ncn2C1CC(OC(=S)N2CCS(=O)(=O)CC2)C(O)C(CO)O1)c1ccccc1. The van der Waals surface area contributed by atoms with Crippen molar-refractivity contribution in [1.29, 1.82) is 0 Å². The summed E-state index contributed by atoms with van der Waals surface area (Å²) in [7, 11) is -3.10. The summed E-state index contributed by atoms with van der Waals surface area (Å²) in [5.74, 6) is -0.201. The third-order valence-electron chi connectivity index (χ3n) is 6.50. The Morgan fingerprint density at radius 3 is 2.63 bits per heavy atom. The lowest BCUT2D eigenvalue weighted by molar-refractivity contribution is -0.197. The van der Waals surface area contributed by atoms with Crippen LogP contribution in [-0.4, -0.2) is 104 Å². The van der Waals surface area contributed by atoms with Gasteiger partial charge in [0.15, 0.2) is 26.8 Å². The van der Waals surface area contributed by atoms with E-state index in [1.807, 2.05) is 6.07 Å². The maximum atomic E-state index is 12.6. The van der Waals surface area contributed by atoms with Gasteiger partial charge in [-0.15, -0.1) is 0 Å². The van der Waals surface area contributed by atoms with Gasteiger partial charge in [0.2, 0.25) is 0 Å². The number of imidazole rings is 1. The molecule has 38 heavy (non-hydrogen) atoms. The van der Waals surface area contributed by atoms with Gasteiger partial charge in [0, 0.05) is 25.1 Å². The summed E-state index contributed by atoms with van der Waals surface area (Å²) in [4.78, 5) is 27.1. The number of nitrogens with one attached hydrogen (secondary N) is 1. The standard InChI is InChI=1S/C23H26N6O7S2/c30-11-16-19(31)15(36-23(37)28-6-8-38(33,34)9-7-28)10-17(35-16)29-13-26-18-20(24-12-25-21(18)29)27-22(32)14-4-2-1-3-5-14/h1-5,12-13,15-17,19,30-31H,6-11H2,(H,24,25,27,32). The average Bonchev–Trinajstić information content (AvgIpc) is 3.35. The minimum Gasteiger partial charge on any atom is -0.465 e. The lowest BCUT2D eigenvalue weighted by atomic mass is 10.0. The van der Waals surface area contributed by atoms with Crippen molar-refractivity contribution in [3.63, 3.8) is 0 Å². The molecule has 1 aromatic carbocycles. The first kappa shape index (κ1) is 26.4. The van der Waals surface area contributed by atoms with Crippen molar-refractivity contribution < 1.29 is 32.9 Å². The molecule has 4 heterocycles. The van der Waals surface area contributed by atoms with E-state index in [-0.39, 0.29) is 47.9 Å². The normalized spacial score (nSPS) is 25.2. The van der Waals surface area contributed by atoms with E-state index in [4.69, 9.17) is 21.7 Å². The Labute approximate surface area is 223 Å². The van der Waals surface area contributed by atoms with E-state index in [1.165, 1.54) is 12.7 Å². The minimum absolute atomic E-state index is 0.0292. The van der Waals surface area contributed by atoms with E-state index in [2.05, 4.69) is 20.3 Å². The number of fused-ring (bicyclic) bond motifs is 1. The van der Waals surface area contributed by atoms with Crippen LogP contribution in [0.4, 0.5) is 5.82 Å². The molecule has 15 heteroatoms. The highest BCUT2D eigenvalue weighted by Crippen LogP contribution is 2.32. The number of carbonyl (C=O) groups excluding carboxylic acids is 1. The lowest BCUT2D eigenvalue weighted by Gasteiger charge is -2.40. The van der Waals surface area contributed by atoms with Gasteiger partial charge in [0.1, 0.15) is 30.9 Å². The molecule has 0 bridgehead atoms. The van der Waals surface area contributed by atoms with Crippen LogP contribution in [0.5, 0.6) is 0 Å². The van der Waals surface area contributed by atoms with E-state index in [9.17, 15) is 23.4 Å². The molecule has 0 saturated carbocycles. The molecule has 2 saturated heterocycles. The van der Waals surface area contributed by atoms with Crippen LogP contribution < -0.4 is 5.32 Å². The molecule has 2 aliphatic rings. The third kappa shape index (κ3) is 5.47. The summed E-state index contributed by atoms with van der Waals surface area (Å²) >= 11 is 5.39. The third-order valence-corrected chi connectivity index (χ3v) is 8.46. The molecular weight excluding hydrogens is 536 g/mol. The van der Waals surface area contributed by atoms with Crippen LogP contribution in [-0.2, 0) is 19.3 Å². The largest absolute Gasteiger partial charge is 0.465 e. The zero-order valence-electron chi connectivity index (χ0n) is 20.1. The summed E-state index contributed by atoms with van der Waals surface area (Å²) in [5.41, 5.74) is 1.15. The van der Waals surface area contributed by atoms with Gasteiger partial charge in [-0.3, -0.25) is 9.36 Å². The quantitative estimate of drug-likeness (QED) is 0.360. The molecule has 0 radical (unpaired) electrons. The molecule has 202 valence electrons. The Morgan fingerprint density at radius 1 is 1.18 bits per heavy atom. The number of aliphatic hydroxyl groups excluding tert-OH is 2. The van der Waals surface area contributed by atoms with Crippen LogP contribution in [0.1, 0.15) is 23.0 Å². The molecule has 2 aromatic heterocycles. The number of hydrogen-bond acceptors (Lipinski definition) is 11. The van der Waals surface area contributed by atoms with Crippen LogP contribution in [0.25, 0.3) is 11.2 Å². The van der Waals surface area contributed by atoms with Gasteiger partial charge in [-0.1, -0.05) is 18.2 Å². The molecule has 5 rings (SSSR count). The summed E-state index contributed by atoms with van der Waals surface area (Å²) in [5, 5.41) is 23.4. The fourth-order valence-corrected chi connectivity index (χ4v) is 5.89. The number of aliphatic hydroxyl groups is 2. The molecule has 1 amide bonds. The molecule has 4 unspecified atom stereocenters. The van der Waals surface area contributed by atoms with Crippen LogP contribution >= 0.6 is 12.2 Å². The molecule has 0 aliphatic carbocycles. The summed E-state index contributed by atoms with van der Waals surface area (Å²) in [6.45, 7) is -0.0754. The molecule has 2 aliphatic heterocycles. The Balaban J connectivity index is 1.35. The van der Waals surface area contributed by atoms with Crippen molar-refractivity contribution in [3.8, 4) is 0 Å². The van der Waals surface area contributed by atoms with Crippen molar-refractivity contribution in [3.05, 3.63) is 48.5 Å². The Morgan fingerprint density at radius 2 is 1.92 bits per heavy atom. The minimum atomic E-state index is -3.10. The number of carbonyl (C=O) groups is 1. The van der Waals surface area contributed by atoms with Crippen LogP contribution in [0.2, 0.25) is 0 Å². The van der Waals surface area contributed by atoms with Crippen molar-refractivity contribution >= 4 is 50.1 Å². The first-order valence-corrected chi connectivity index (χ1v) is 14.1. The van der Waals surface area contributed by atoms with Gasteiger partial charge < -0.3 is 29.9 Å². The van der Waals surface area contributed by atoms with Gasteiger partial charge in [-0.2, -0.15) is 0 Å². The van der Waals surface area contributed by atoms with Gasteiger partial charge in [-0.05, 0) is 24.4 Å². The number of sulfone groups is 1. The van der Waals surface area contributed by atoms with E-state index in [0.29, 0.717) is 16.7 Å². The zero-order chi connectivity index (χ0) is 26.9. The Kier molecular flexibility index (Phi) is 7.54. The number of benzene rings is 1. The second kappa shape index (κ2) is 10.9. The number of anilines is 1. The van der Waals surface area contributed by atoms with E-state index in [1.54, 1.807) is 33.7 Å². The van der Waals surface area contributed by atoms with Crippen LogP contribution in [0.15, 0.2) is 43.0 Å². The summed E-state index contributed by atoms with van der Waals surface area (Å²) in [6.07, 6.45) is -0.885. The molecule has 3 N–H and O–H groups in total. The molecule has 13 nitrogen and oxygen atoms in total. The first-order chi connectivity index (χ1) is 18.3. The van der Waals surface area contributed by atoms with Crippen molar-refractivity contribution in [2.24, 2.45) is 0 Å². The maximum Gasteiger partial charge on any atom is 0.259 e. The molecule has 3 aromatic rings. The summed E-state index contributed by atoms with van der Waals surface area (Å²) in [6, 6.07) is 8.67. The fourth-order valence-electron chi connectivity index (χ4n) is 4.39. The number of aromatic nitrogens is 4. The van der Waals surface area contributed by atoms with Crippen LogP contribution in [0.3, 0.4) is 0 Å². The number of rotatable bonds is 5. The van der Waals surface area contributed by atoms with Crippen molar-refractivity contribution in [2.45, 2.75) is 31.0 Å². The highest BCUT2D eigenvalue weighted by molar-refractivity contribution is 7.91. The Bertz CT molecular complexity index is 1420. The Hall–Kier alpha value is -3.24. The lowest BCUT2D eigenvalue weighted by Crippen LogP contribution is -2.52. The predicted molar refractivity (Wildman–Crippen MR) is 139 cm³/mol. The van der Waals surface area contributed by atoms with Gasteiger partial charge in [0.25, 0.3) is 11.1 Å². The zero-order valence-corrected chi connectivity index (χ0v) is 21.7. The average molecular weight is 563 g/mol. The number of thiocarbonyl (C=S) groups is 1. The monoisotopic (exact) mass is 562 g/mol. The van der Waals surface area contributed by atoms with Crippen molar-refractivity contribution in [1.82, 2.24) is 24.4 Å². The smallest absolute Gasteiger partial charge is 0.259 e. The highest BCUT2D eigenvalue weighted by Gasteiger charge is 2.41. The number of hydrogen-bond donors (Lipinski definition) is 3. The highest BCUT2D eigenvalue weighted by atomic mass is 32.2. The predicted octanol–water partition coefficient (Wildman–Crippen LogP) is 0.120. The van der Waals surface area contributed by atoms with Crippen molar-refractivity contribution in [2.75, 3.05) is 36.5 Å².